The van der Waals surface area contributed by atoms with E-state index in [1.165, 1.54) is 0 Å². The van der Waals surface area contributed by atoms with Gasteiger partial charge in [0.2, 0.25) is 0 Å². The van der Waals surface area contributed by atoms with E-state index in [-0.39, 0.29) is 0 Å². The molecule has 96 valence electrons. The summed E-state index contributed by atoms with van der Waals surface area (Å²) in [6, 6.07) is 15.2. The van der Waals surface area contributed by atoms with Gasteiger partial charge < -0.3 is 4.42 Å². The molecule has 0 fully saturated rings. The van der Waals surface area contributed by atoms with Gasteiger partial charge in [-0.05, 0) is 36.4 Å². The summed E-state index contributed by atoms with van der Waals surface area (Å²) in [5.41, 5.74) is 3.23. The maximum absolute atomic E-state index is 5.98. The van der Waals surface area contributed by atoms with E-state index >= 15 is 0 Å². The first-order chi connectivity index (χ1) is 9.79. The zero-order valence-electron chi connectivity index (χ0n) is 10.4. The smallest absolute Gasteiger partial charge is 0.155 e. The van der Waals surface area contributed by atoms with Crippen LogP contribution in [0.4, 0.5) is 0 Å². The van der Waals surface area contributed by atoms with Crippen molar-refractivity contribution in [1.29, 1.82) is 0 Å². The minimum Gasteiger partial charge on any atom is -0.454 e. The third-order valence-electron chi connectivity index (χ3n) is 3.18. The molecule has 4 rings (SSSR count). The molecular weight excluding hydrogens is 272 g/mol. The molecule has 2 heterocycles. The second-order valence-corrected chi connectivity index (χ2v) is 4.97. The molecule has 0 unspecified atom stereocenters. The number of furan rings is 1. The predicted octanol–water partition coefficient (Wildman–Crippen LogP) is 4.70. The number of benzene rings is 2. The van der Waals surface area contributed by atoms with E-state index in [0.717, 1.165) is 27.7 Å². The predicted molar refractivity (Wildman–Crippen MR) is 79.8 cm³/mol. The Morgan fingerprint density at radius 1 is 0.950 bits per heavy atom. The number of halogens is 1. The first-order valence-corrected chi connectivity index (χ1v) is 6.59. The fraction of sp³-hybridized carbons (Fsp3) is 0. The van der Waals surface area contributed by atoms with Gasteiger partial charge in [-0.1, -0.05) is 23.7 Å². The topological polar surface area (TPSA) is 38.9 Å². The fourth-order valence-electron chi connectivity index (χ4n) is 2.22. The van der Waals surface area contributed by atoms with Gasteiger partial charge in [-0.3, -0.25) is 4.98 Å². The number of fused-ring (bicyclic) bond motifs is 2. The molecule has 0 atom stereocenters. The molecule has 4 heteroatoms. The van der Waals surface area contributed by atoms with Gasteiger partial charge in [-0.25, -0.2) is 4.98 Å². The Bertz CT molecular complexity index is 930. The molecule has 2 aromatic heterocycles. The molecule has 0 aliphatic carbocycles. The summed E-state index contributed by atoms with van der Waals surface area (Å²) in [7, 11) is 0. The standard InChI is InChI=1S/C16H9ClN2O/c17-11-5-6-15-10(7-11)8-16(20-15)14-9-18-12-3-1-2-4-13(12)19-14/h1-9H. The van der Waals surface area contributed by atoms with E-state index < -0.39 is 0 Å². The molecule has 0 aliphatic rings. The van der Waals surface area contributed by atoms with Crippen LogP contribution in [0.3, 0.4) is 0 Å². The molecular formula is C16H9ClN2O. The van der Waals surface area contributed by atoms with Gasteiger partial charge >= 0.3 is 0 Å². The Morgan fingerprint density at radius 2 is 1.80 bits per heavy atom. The lowest BCUT2D eigenvalue weighted by Gasteiger charge is -1.98. The molecule has 2 aromatic carbocycles. The molecule has 0 bridgehead atoms. The number of hydrogen-bond donors (Lipinski definition) is 0. The van der Waals surface area contributed by atoms with Gasteiger partial charge in [0.1, 0.15) is 11.3 Å². The summed E-state index contributed by atoms with van der Waals surface area (Å²) in [6.07, 6.45) is 1.72. The van der Waals surface area contributed by atoms with Crippen LogP contribution in [0.2, 0.25) is 5.02 Å². The van der Waals surface area contributed by atoms with Crippen LogP contribution in [0, 0.1) is 0 Å². The van der Waals surface area contributed by atoms with Crippen molar-refractivity contribution >= 4 is 33.6 Å². The second kappa shape index (κ2) is 4.32. The summed E-state index contributed by atoms with van der Waals surface area (Å²) >= 11 is 5.98. The third kappa shape index (κ3) is 1.84. The molecule has 3 nitrogen and oxygen atoms in total. The monoisotopic (exact) mass is 280 g/mol. The molecule has 0 radical (unpaired) electrons. The van der Waals surface area contributed by atoms with Crippen molar-refractivity contribution < 1.29 is 4.42 Å². The highest BCUT2D eigenvalue weighted by Crippen LogP contribution is 2.28. The van der Waals surface area contributed by atoms with Crippen molar-refractivity contribution in [2.24, 2.45) is 0 Å². The summed E-state index contributed by atoms with van der Waals surface area (Å²) < 4.78 is 5.80. The van der Waals surface area contributed by atoms with Crippen molar-refractivity contribution in [3.8, 4) is 11.5 Å². The van der Waals surface area contributed by atoms with E-state index in [2.05, 4.69) is 9.97 Å². The molecule has 4 aromatic rings. The summed E-state index contributed by atoms with van der Waals surface area (Å²) in [5.74, 6) is 0.695. The Morgan fingerprint density at radius 3 is 2.70 bits per heavy atom. The highest BCUT2D eigenvalue weighted by Gasteiger charge is 2.09. The highest BCUT2D eigenvalue weighted by atomic mass is 35.5. The molecule has 0 saturated carbocycles. The van der Waals surface area contributed by atoms with E-state index in [0.29, 0.717) is 10.8 Å². The van der Waals surface area contributed by atoms with Crippen molar-refractivity contribution in [2.75, 3.05) is 0 Å². The first kappa shape index (κ1) is 11.4. The van der Waals surface area contributed by atoms with E-state index in [9.17, 15) is 0 Å². The lowest BCUT2D eigenvalue weighted by atomic mass is 10.2. The molecule has 0 saturated heterocycles. The van der Waals surface area contributed by atoms with Crippen LogP contribution in [-0.4, -0.2) is 9.97 Å². The highest BCUT2D eigenvalue weighted by molar-refractivity contribution is 6.31. The van der Waals surface area contributed by atoms with Crippen LogP contribution in [0.25, 0.3) is 33.5 Å². The summed E-state index contributed by atoms with van der Waals surface area (Å²) in [6.45, 7) is 0. The van der Waals surface area contributed by atoms with Crippen molar-refractivity contribution in [3.63, 3.8) is 0 Å². The number of hydrogen-bond acceptors (Lipinski definition) is 3. The maximum Gasteiger partial charge on any atom is 0.155 e. The largest absolute Gasteiger partial charge is 0.454 e. The quantitative estimate of drug-likeness (QED) is 0.507. The van der Waals surface area contributed by atoms with Crippen LogP contribution >= 0.6 is 11.6 Å². The summed E-state index contributed by atoms with van der Waals surface area (Å²) in [5, 5.41) is 1.65. The Hall–Kier alpha value is -2.39. The number of para-hydroxylation sites is 2. The van der Waals surface area contributed by atoms with Crippen LogP contribution in [-0.2, 0) is 0 Å². The minimum absolute atomic E-state index is 0.689. The van der Waals surface area contributed by atoms with Gasteiger partial charge in [-0.15, -0.1) is 0 Å². The van der Waals surface area contributed by atoms with Crippen molar-refractivity contribution in [2.45, 2.75) is 0 Å². The average Bonchev–Trinajstić information content (AvgIpc) is 2.89. The summed E-state index contributed by atoms with van der Waals surface area (Å²) in [4.78, 5) is 8.97. The molecule has 0 spiro atoms. The first-order valence-electron chi connectivity index (χ1n) is 6.21. The van der Waals surface area contributed by atoms with Gasteiger partial charge in [0.15, 0.2) is 5.76 Å². The van der Waals surface area contributed by atoms with Crippen LogP contribution in [0.1, 0.15) is 0 Å². The zero-order valence-corrected chi connectivity index (χ0v) is 11.1. The van der Waals surface area contributed by atoms with Gasteiger partial charge in [0.25, 0.3) is 0 Å². The Kier molecular flexibility index (Phi) is 2.47. The second-order valence-electron chi connectivity index (χ2n) is 4.54. The number of nitrogens with zero attached hydrogens (tertiary/aromatic N) is 2. The van der Waals surface area contributed by atoms with Crippen LogP contribution in [0.5, 0.6) is 0 Å². The lowest BCUT2D eigenvalue weighted by molar-refractivity contribution is 0.628. The number of rotatable bonds is 1. The Balaban J connectivity index is 1.91. The van der Waals surface area contributed by atoms with Crippen molar-refractivity contribution in [1.82, 2.24) is 9.97 Å². The molecule has 0 N–H and O–H groups in total. The zero-order chi connectivity index (χ0) is 13.5. The maximum atomic E-state index is 5.98. The van der Waals surface area contributed by atoms with Crippen LogP contribution in [0.15, 0.2) is 59.1 Å². The molecule has 0 amide bonds. The van der Waals surface area contributed by atoms with Crippen LogP contribution < -0.4 is 0 Å². The van der Waals surface area contributed by atoms with Gasteiger partial charge in [0, 0.05) is 10.4 Å². The molecule has 0 aliphatic heterocycles. The number of aromatic nitrogens is 2. The normalized spacial score (nSPS) is 11.2. The SMILES string of the molecule is Clc1ccc2oc(-c3cnc4ccccc4n3)cc2c1. The third-order valence-corrected chi connectivity index (χ3v) is 3.41. The lowest BCUT2D eigenvalue weighted by Crippen LogP contribution is -1.86. The van der Waals surface area contributed by atoms with E-state index in [4.69, 9.17) is 16.0 Å². The average molecular weight is 281 g/mol. The Labute approximate surface area is 119 Å². The van der Waals surface area contributed by atoms with Gasteiger partial charge in [-0.2, -0.15) is 0 Å². The van der Waals surface area contributed by atoms with E-state index in [1.54, 1.807) is 6.20 Å². The van der Waals surface area contributed by atoms with Crippen molar-refractivity contribution in [3.05, 3.63) is 59.8 Å². The fourth-order valence-corrected chi connectivity index (χ4v) is 2.40. The van der Waals surface area contributed by atoms with E-state index in [1.807, 2.05) is 48.5 Å². The van der Waals surface area contributed by atoms with Gasteiger partial charge in [0.05, 0.1) is 17.2 Å². The minimum atomic E-state index is 0.689. The molecule has 20 heavy (non-hydrogen) atoms.